The molecular formula is C16H8F6N4O8S2. The lowest BCUT2D eigenvalue weighted by Gasteiger charge is -2.11. The molecule has 0 aliphatic carbocycles. The van der Waals surface area contributed by atoms with E-state index in [-0.39, 0.29) is 24.3 Å². The van der Waals surface area contributed by atoms with E-state index in [0.717, 1.165) is 0 Å². The first kappa shape index (κ1) is 28.6. The van der Waals surface area contributed by atoms with E-state index in [1.54, 1.807) is 0 Å². The van der Waals surface area contributed by atoms with Crippen molar-refractivity contribution in [2.24, 2.45) is 0 Å². The monoisotopic (exact) mass is 562 g/mol. The summed E-state index contributed by atoms with van der Waals surface area (Å²) in [5, 5.41) is 44.9. The Morgan fingerprint density at radius 3 is 0.944 bits per heavy atom. The Bertz CT molecular complexity index is 1090. The molecule has 0 unspecified atom stereocenters. The highest BCUT2D eigenvalue weighted by Crippen LogP contribution is 2.45. The van der Waals surface area contributed by atoms with Gasteiger partial charge in [-0.2, -0.15) is 26.3 Å². The average Bonchev–Trinajstić information content (AvgIpc) is 2.73. The van der Waals surface area contributed by atoms with E-state index < -0.39 is 87.2 Å². The number of nitro benzene ring substituents is 4. The van der Waals surface area contributed by atoms with Gasteiger partial charge in [-0.1, -0.05) is 0 Å². The van der Waals surface area contributed by atoms with Crippen LogP contribution in [-0.4, -0.2) is 31.2 Å². The molecule has 0 aliphatic rings. The predicted molar refractivity (Wildman–Crippen MR) is 111 cm³/mol. The number of benzene rings is 2. The number of nitrogens with zero attached hydrogens (tertiary/aromatic N) is 4. The van der Waals surface area contributed by atoms with E-state index in [1.165, 1.54) is 0 Å². The second kappa shape index (κ2) is 10.5. The molecule has 20 heteroatoms. The van der Waals surface area contributed by atoms with Gasteiger partial charge < -0.3 is 0 Å². The third-order valence-corrected chi connectivity index (χ3v) is 6.61. The van der Waals surface area contributed by atoms with Crippen molar-refractivity contribution in [1.29, 1.82) is 0 Å². The summed E-state index contributed by atoms with van der Waals surface area (Å²) in [5.41, 5.74) is -8.32. The van der Waals surface area contributed by atoms with Gasteiger partial charge in [0, 0.05) is 35.8 Å². The van der Waals surface area contributed by atoms with Gasteiger partial charge in [0.2, 0.25) is 0 Å². The lowest BCUT2D eigenvalue weighted by molar-refractivity contribution is -0.400. The number of thioether (sulfide) groups is 2. The molecule has 2 aromatic rings. The Labute approximate surface area is 202 Å². The number of hydrogen-bond acceptors (Lipinski definition) is 10. The summed E-state index contributed by atoms with van der Waals surface area (Å²) >= 11 is 0.627. The van der Waals surface area contributed by atoms with Crippen molar-refractivity contribution in [2.45, 2.75) is 22.1 Å². The molecule has 0 saturated carbocycles. The summed E-state index contributed by atoms with van der Waals surface area (Å²) in [7, 11) is 0. The summed E-state index contributed by atoms with van der Waals surface area (Å²) in [6, 6.07) is 0.310. The molecule has 0 N–H and O–H groups in total. The smallest absolute Gasteiger partial charge is 0.258 e. The van der Waals surface area contributed by atoms with Gasteiger partial charge in [-0.3, -0.25) is 40.5 Å². The molecule has 0 radical (unpaired) electrons. The van der Waals surface area contributed by atoms with Crippen molar-refractivity contribution < 1.29 is 46.0 Å². The fourth-order valence-electron chi connectivity index (χ4n) is 2.65. The molecule has 0 atom stereocenters. The van der Waals surface area contributed by atoms with Gasteiger partial charge in [0.1, 0.15) is 0 Å². The van der Waals surface area contributed by atoms with E-state index in [2.05, 4.69) is 0 Å². The Kier molecular flexibility index (Phi) is 8.34. The maximum atomic E-state index is 13.0. The molecule has 2 aromatic carbocycles. The van der Waals surface area contributed by atoms with Crippen molar-refractivity contribution in [3.63, 3.8) is 0 Å². The molecule has 2 rings (SSSR count). The second-order valence-electron chi connectivity index (χ2n) is 6.41. The van der Waals surface area contributed by atoms with Crippen LogP contribution in [0, 0.1) is 40.5 Å². The van der Waals surface area contributed by atoms with Gasteiger partial charge in [0.05, 0.1) is 30.8 Å². The van der Waals surface area contributed by atoms with Crippen molar-refractivity contribution in [3.8, 4) is 0 Å². The summed E-state index contributed by atoms with van der Waals surface area (Å²) in [4.78, 5) is 38.2. The fraction of sp³-hybridized carbons (Fsp3) is 0.250. The first-order valence-corrected chi connectivity index (χ1v) is 10.8. The fourth-order valence-corrected chi connectivity index (χ4v) is 4.85. The number of nitro groups is 4. The Hall–Kier alpha value is -3.68. The Balaban J connectivity index is 2.41. The van der Waals surface area contributed by atoms with E-state index in [1.807, 2.05) is 0 Å². The summed E-state index contributed by atoms with van der Waals surface area (Å²) in [6.07, 6.45) is -10.3. The quantitative estimate of drug-likeness (QED) is 0.112. The number of alkyl halides is 6. The standard InChI is InChI=1S/C16H8F6N4O8S2/c17-15(18,19)7-3-9(23(27)28)13(10(4-7)24(29)30)35-1-2-36-14-11(25(31)32)5-8(16(20,21)22)6-12(14)26(33)34/h3-6H,1-2H2. The largest absolute Gasteiger partial charge is 0.416 e. The summed E-state index contributed by atoms with van der Waals surface area (Å²) in [5.74, 6) is -0.847. The third kappa shape index (κ3) is 6.50. The van der Waals surface area contributed by atoms with Gasteiger partial charge in [0.15, 0.2) is 9.79 Å². The first-order valence-electron chi connectivity index (χ1n) is 8.78. The van der Waals surface area contributed by atoms with Gasteiger partial charge in [0.25, 0.3) is 22.7 Å². The van der Waals surface area contributed by atoms with Crippen LogP contribution in [0.3, 0.4) is 0 Å². The van der Waals surface area contributed by atoms with Gasteiger partial charge >= 0.3 is 12.4 Å². The minimum atomic E-state index is -5.14. The lowest BCUT2D eigenvalue weighted by atomic mass is 10.1. The topological polar surface area (TPSA) is 173 Å². The van der Waals surface area contributed by atoms with Crippen LogP contribution in [0.5, 0.6) is 0 Å². The zero-order valence-electron chi connectivity index (χ0n) is 16.9. The van der Waals surface area contributed by atoms with Crippen molar-refractivity contribution in [1.82, 2.24) is 0 Å². The van der Waals surface area contributed by atoms with Crippen LogP contribution >= 0.6 is 23.5 Å². The van der Waals surface area contributed by atoms with E-state index in [9.17, 15) is 66.8 Å². The Morgan fingerprint density at radius 2 is 0.778 bits per heavy atom. The molecule has 0 saturated heterocycles. The maximum Gasteiger partial charge on any atom is 0.416 e. The van der Waals surface area contributed by atoms with Crippen LogP contribution < -0.4 is 0 Å². The third-order valence-electron chi connectivity index (χ3n) is 4.12. The number of hydrogen-bond donors (Lipinski definition) is 0. The molecule has 0 aromatic heterocycles. The first-order chi connectivity index (χ1) is 16.4. The average molecular weight is 562 g/mol. The second-order valence-corrected chi connectivity index (χ2v) is 8.62. The summed E-state index contributed by atoms with van der Waals surface area (Å²) in [6.45, 7) is 0. The molecule has 0 fully saturated rings. The number of rotatable bonds is 9. The summed E-state index contributed by atoms with van der Waals surface area (Å²) < 4.78 is 77.8. The zero-order chi connectivity index (χ0) is 27.6. The van der Waals surface area contributed by atoms with Crippen LogP contribution in [0.2, 0.25) is 0 Å². The maximum absolute atomic E-state index is 13.0. The predicted octanol–water partition coefficient (Wildman–Crippen LogP) is 6.24. The van der Waals surface area contributed by atoms with E-state index >= 15 is 0 Å². The zero-order valence-corrected chi connectivity index (χ0v) is 18.5. The SMILES string of the molecule is O=[N+]([O-])c1cc(C(F)(F)F)cc([N+](=O)[O-])c1SCCSc1c([N+](=O)[O-])cc(C(F)(F)F)cc1[N+](=O)[O-]. The molecular weight excluding hydrogens is 554 g/mol. The molecule has 0 amide bonds. The van der Waals surface area contributed by atoms with Crippen molar-refractivity contribution in [3.05, 3.63) is 75.8 Å². The Morgan fingerprint density at radius 1 is 0.556 bits per heavy atom. The van der Waals surface area contributed by atoms with Crippen LogP contribution in [0.15, 0.2) is 34.1 Å². The van der Waals surface area contributed by atoms with Gasteiger partial charge in [-0.25, -0.2) is 0 Å². The minimum absolute atomic E-state index is 0.0774. The van der Waals surface area contributed by atoms with Crippen LogP contribution in [0.25, 0.3) is 0 Å². The van der Waals surface area contributed by atoms with E-state index in [0.29, 0.717) is 23.5 Å². The molecule has 0 heterocycles. The molecule has 12 nitrogen and oxygen atoms in total. The number of halogens is 6. The molecule has 0 spiro atoms. The highest BCUT2D eigenvalue weighted by atomic mass is 32.2. The van der Waals surface area contributed by atoms with Crippen LogP contribution in [0.4, 0.5) is 49.1 Å². The van der Waals surface area contributed by atoms with Crippen molar-refractivity contribution >= 4 is 46.3 Å². The molecule has 0 bridgehead atoms. The van der Waals surface area contributed by atoms with Gasteiger partial charge in [-0.15, -0.1) is 23.5 Å². The minimum Gasteiger partial charge on any atom is -0.258 e. The lowest BCUT2D eigenvalue weighted by Crippen LogP contribution is -2.08. The highest BCUT2D eigenvalue weighted by Gasteiger charge is 2.39. The highest BCUT2D eigenvalue weighted by molar-refractivity contribution is 8.03. The van der Waals surface area contributed by atoms with Crippen molar-refractivity contribution in [2.75, 3.05) is 11.5 Å². The molecule has 194 valence electrons. The van der Waals surface area contributed by atoms with Gasteiger partial charge in [-0.05, 0) is 0 Å². The normalized spacial score (nSPS) is 11.8. The van der Waals surface area contributed by atoms with Crippen LogP contribution in [-0.2, 0) is 12.4 Å². The van der Waals surface area contributed by atoms with Crippen LogP contribution in [0.1, 0.15) is 11.1 Å². The molecule has 0 aliphatic heterocycles. The molecule has 36 heavy (non-hydrogen) atoms. The van der Waals surface area contributed by atoms with E-state index in [4.69, 9.17) is 0 Å².